The van der Waals surface area contributed by atoms with Gasteiger partial charge in [-0.2, -0.15) is 0 Å². The quantitative estimate of drug-likeness (QED) is 0.825. The van der Waals surface area contributed by atoms with Crippen LogP contribution in [0.25, 0.3) is 0 Å². The molecule has 0 amide bonds. The molecular formula is C14H19BrN4S. The minimum absolute atomic E-state index is 0.249. The second kappa shape index (κ2) is 7.81. The van der Waals surface area contributed by atoms with Gasteiger partial charge in [0.2, 0.25) is 0 Å². The summed E-state index contributed by atoms with van der Waals surface area (Å²) in [5.74, 6) is 0. The molecule has 0 aliphatic rings. The maximum atomic E-state index is 4.47. The zero-order valence-corrected chi connectivity index (χ0v) is 14.2. The first-order valence-corrected chi connectivity index (χ1v) is 8.46. The summed E-state index contributed by atoms with van der Waals surface area (Å²) in [7, 11) is 0. The molecule has 0 radical (unpaired) electrons. The smallest absolute Gasteiger partial charge is 0.0801 e. The molecule has 2 heterocycles. The summed E-state index contributed by atoms with van der Waals surface area (Å²) in [4.78, 5) is 5.71. The lowest BCUT2D eigenvalue weighted by atomic mass is 10.1. The number of aryl methyl sites for hydroxylation is 1. The number of halogens is 1. The van der Waals surface area contributed by atoms with Crippen molar-refractivity contribution in [2.24, 2.45) is 0 Å². The van der Waals surface area contributed by atoms with Gasteiger partial charge in [0, 0.05) is 22.8 Å². The predicted molar refractivity (Wildman–Crippen MR) is 86.0 cm³/mol. The summed E-state index contributed by atoms with van der Waals surface area (Å²) in [5, 5.41) is 7.81. The van der Waals surface area contributed by atoms with Crippen molar-refractivity contribution in [3.05, 3.63) is 39.1 Å². The van der Waals surface area contributed by atoms with Crippen molar-refractivity contribution in [2.75, 3.05) is 6.54 Å². The van der Waals surface area contributed by atoms with E-state index in [9.17, 15) is 0 Å². The Balaban J connectivity index is 2.17. The van der Waals surface area contributed by atoms with E-state index >= 15 is 0 Å². The maximum absolute atomic E-state index is 4.47. The third kappa shape index (κ3) is 4.07. The molecular weight excluding hydrogens is 336 g/mol. The van der Waals surface area contributed by atoms with E-state index in [1.807, 2.05) is 12.3 Å². The van der Waals surface area contributed by atoms with Gasteiger partial charge in [0.25, 0.3) is 0 Å². The van der Waals surface area contributed by atoms with Crippen LogP contribution in [0.15, 0.2) is 22.8 Å². The summed E-state index contributed by atoms with van der Waals surface area (Å²) in [6.45, 7) is 5.28. The summed E-state index contributed by atoms with van der Waals surface area (Å²) in [5.41, 5.74) is 2.18. The van der Waals surface area contributed by atoms with Gasteiger partial charge in [-0.15, -0.1) is 5.10 Å². The zero-order chi connectivity index (χ0) is 14.4. The van der Waals surface area contributed by atoms with Gasteiger partial charge in [-0.3, -0.25) is 4.98 Å². The second-order valence-electron chi connectivity index (χ2n) is 4.62. The SMILES string of the molecule is CCCNC(Cc1ccc(Br)cn1)c1snnc1CC. The van der Waals surface area contributed by atoms with E-state index in [-0.39, 0.29) is 6.04 Å². The molecule has 0 aliphatic heterocycles. The molecule has 0 spiro atoms. The topological polar surface area (TPSA) is 50.7 Å². The average molecular weight is 355 g/mol. The van der Waals surface area contributed by atoms with Crippen LogP contribution in [0.1, 0.15) is 42.6 Å². The number of rotatable bonds is 7. The van der Waals surface area contributed by atoms with Gasteiger partial charge in [-0.25, -0.2) is 0 Å². The summed E-state index contributed by atoms with van der Waals surface area (Å²) in [6, 6.07) is 4.34. The van der Waals surface area contributed by atoms with Crippen LogP contribution in [0.5, 0.6) is 0 Å². The Morgan fingerprint density at radius 3 is 2.85 bits per heavy atom. The van der Waals surface area contributed by atoms with Crippen molar-refractivity contribution in [2.45, 2.75) is 39.2 Å². The highest BCUT2D eigenvalue weighted by Crippen LogP contribution is 2.24. The first-order chi connectivity index (χ1) is 9.74. The highest BCUT2D eigenvalue weighted by molar-refractivity contribution is 9.10. The number of pyridine rings is 1. The molecule has 108 valence electrons. The van der Waals surface area contributed by atoms with E-state index in [1.54, 1.807) is 0 Å². The van der Waals surface area contributed by atoms with Crippen molar-refractivity contribution in [1.82, 2.24) is 19.9 Å². The molecule has 0 aromatic carbocycles. The van der Waals surface area contributed by atoms with Crippen LogP contribution in [0, 0.1) is 0 Å². The lowest BCUT2D eigenvalue weighted by Gasteiger charge is -2.17. The highest BCUT2D eigenvalue weighted by atomic mass is 79.9. The summed E-state index contributed by atoms with van der Waals surface area (Å²) < 4.78 is 5.11. The minimum atomic E-state index is 0.249. The molecule has 1 N–H and O–H groups in total. The van der Waals surface area contributed by atoms with Crippen molar-refractivity contribution in [3.8, 4) is 0 Å². The van der Waals surface area contributed by atoms with Crippen LogP contribution >= 0.6 is 27.5 Å². The van der Waals surface area contributed by atoms with Crippen molar-refractivity contribution < 1.29 is 0 Å². The highest BCUT2D eigenvalue weighted by Gasteiger charge is 2.18. The number of nitrogens with zero attached hydrogens (tertiary/aromatic N) is 3. The number of hydrogen-bond acceptors (Lipinski definition) is 5. The summed E-state index contributed by atoms with van der Waals surface area (Å²) >= 11 is 4.91. The van der Waals surface area contributed by atoms with Gasteiger partial charge in [0.15, 0.2) is 0 Å². The van der Waals surface area contributed by atoms with E-state index in [4.69, 9.17) is 0 Å². The lowest BCUT2D eigenvalue weighted by Crippen LogP contribution is -2.24. The third-order valence-corrected chi connectivity index (χ3v) is 4.43. The number of aromatic nitrogens is 3. The monoisotopic (exact) mass is 354 g/mol. The average Bonchev–Trinajstić information content (AvgIpc) is 2.94. The lowest BCUT2D eigenvalue weighted by molar-refractivity contribution is 0.527. The first-order valence-electron chi connectivity index (χ1n) is 6.89. The minimum Gasteiger partial charge on any atom is -0.309 e. The molecule has 2 rings (SSSR count). The van der Waals surface area contributed by atoms with Crippen LogP contribution < -0.4 is 5.32 Å². The molecule has 1 atom stereocenters. The molecule has 20 heavy (non-hydrogen) atoms. The van der Waals surface area contributed by atoms with Crippen molar-refractivity contribution in [3.63, 3.8) is 0 Å². The molecule has 1 unspecified atom stereocenters. The van der Waals surface area contributed by atoms with Crippen LogP contribution in [0.4, 0.5) is 0 Å². The Hall–Kier alpha value is -0.850. The van der Waals surface area contributed by atoms with Crippen molar-refractivity contribution in [1.29, 1.82) is 0 Å². The Bertz CT molecular complexity index is 526. The van der Waals surface area contributed by atoms with E-state index in [0.29, 0.717) is 0 Å². The molecule has 6 heteroatoms. The van der Waals surface area contributed by atoms with E-state index < -0.39 is 0 Å². The normalized spacial score (nSPS) is 12.6. The fourth-order valence-corrected chi connectivity index (χ4v) is 3.08. The standard InChI is InChI=1S/C14H19BrN4S/c1-3-7-16-13(14-12(4-2)18-19-20-14)8-11-6-5-10(15)9-17-11/h5-6,9,13,16H,3-4,7-8H2,1-2H3. The molecule has 0 aliphatic carbocycles. The van der Waals surface area contributed by atoms with Gasteiger partial charge < -0.3 is 5.32 Å². The predicted octanol–water partition coefficient (Wildman–Crippen LogP) is 3.54. The molecule has 2 aromatic rings. The molecule has 0 saturated carbocycles. The van der Waals surface area contributed by atoms with Gasteiger partial charge in [0.1, 0.15) is 0 Å². The molecule has 4 nitrogen and oxygen atoms in total. The van der Waals surface area contributed by atoms with Gasteiger partial charge in [0.05, 0.1) is 16.6 Å². The third-order valence-electron chi connectivity index (χ3n) is 3.08. The van der Waals surface area contributed by atoms with Gasteiger partial charge in [-0.1, -0.05) is 18.3 Å². The van der Waals surface area contributed by atoms with E-state index in [1.165, 1.54) is 16.4 Å². The largest absolute Gasteiger partial charge is 0.309 e. The van der Waals surface area contributed by atoms with Crippen LogP contribution in [-0.4, -0.2) is 21.1 Å². The van der Waals surface area contributed by atoms with Crippen LogP contribution in [0.2, 0.25) is 0 Å². The Kier molecular flexibility index (Phi) is 6.06. The number of nitrogens with one attached hydrogen (secondary N) is 1. The zero-order valence-electron chi connectivity index (χ0n) is 11.8. The molecule has 0 fully saturated rings. The summed E-state index contributed by atoms with van der Waals surface area (Å²) in [6.07, 6.45) is 4.74. The second-order valence-corrected chi connectivity index (χ2v) is 6.32. The maximum Gasteiger partial charge on any atom is 0.0801 e. The Labute approximate surface area is 132 Å². The first kappa shape index (κ1) is 15.5. The fraction of sp³-hybridized carbons (Fsp3) is 0.500. The van der Waals surface area contributed by atoms with Gasteiger partial charge in [-0.05, 0) is 59.0 Å². The fourth-order valence-electron chi connectivity index (χ4n) is 2.04. The molecule has 2 aromatic heterocycles. The van der Waals surface area contributed by atoms with Crippen molar-refractivity contribution >= 4 is 27.5 Å². The van der Waals surface area contributed by atoms with E-state index in [0.717, 1.165) is 41.7 Å². The Morgan fingerprint density at radius 2 is 2.20 bits per heavy atom. The Morgan fingerprint density at radius 1 is 1.35 bits per heavy atom. The van der Waals surface area contributed by atoms with Crippen LogP contribution in [-0.2, 0) is 12.8 Å². The molecule has 0 saturated heterocycles. The molecule has 0 bridgehead atoms. The number of hydrogen-bond donors (Lipinski definition) is 1. The van der Waals surface area contributed by atoms with Gasteiger partial charge >= 0.3 is 0 Å². The van der Waals surface area contributed by atoms with Crippen LogP contribution in [0.3, 0.4) is 0 Å². The van der Waals surface area contributed by atoms with E-state index in [2.05, 4.69) is 55.7 Å².